The zero-order valence-electron chi connectivity index (χ0n) is 12.3. The predicted octanol–water partition coefficient (Wildman–Crippen LogP) is -0.868. The van der Waals surface area contributed by atoms with E-state index in [1.54, 1.807) is 0 Å². The summed E-state index contributed by atoms with van der Waals surface area (Å²) in [6.45, 7) is 3.00. The smallest absolute Gasteiger partial charge is 0.330 e. The summed E-state index contributed by atoms with van der Waals surface area (Å²) in [6.07, 6.45) is -5.89. The second-order valence-electron chi connectivity index (χ2n) is 4.96. The van der Waals surface area contributed by atoms with E-state index in [4.69, 9.17) is 11.2 Å². The maximum atomic E-state index is 14.8. The lowest BCUT2D eigenvalue weighted by Crippen LogP contribution is -2.45. The molecular weight excluding hydrogens is 271 g/mol. The van der Waals surface area contributed by atoms with Gasteiger partial charge in [-0.3, -0.25) is 14.3 Å². The molecule has 0 spiro atoms. The number of H-pyrrole nitrogens is 1. The first-order valence-electron chi connectivity index (χ1n) is 6.55. The molecule has 0 saturated carbocycles. The summed E-state index contributed by atoms with van der Waals surface area (Å²) < 4.78 is 28.5. The van der Waals surface area contributed by atoms with Crippen LogP contribution in [0, 0.1) is 13.8 Å². The summed E-state index contributed by atoms with van der Waals surface area (Å²) in [5.74, 6) is 0. The Bertz CT molecular complexity index is 681. The quantitative estimate of drug-likeness (QED) is 0.656. The van der Waals surface area contributed by atoms with Crippen LogP contribution in [0.25, 0.3) is 0 Å². The van der Waals surface area contributed by atoms with Crippen molar-refractivity contribution in [3.8, 4) is 0 Å². The molecule has 1 fully saturated rings. The van der Waals surface area contributed by atoms with Gasteiger partial charge in [-0.1, -0.05) is 0 Å². The zero-order chi connectivity index (χ0) is 16.2. The number of hydrogen-bond donors (Lipinski definition) is 3. The van der Waals surface area contributed by atoms with Gasteiger partial charge in [0.15, 0.2) is 11.9 Å². The minimum Gasteiger partial charge on any atom is -0.394 e. The number of halogens is 1. The van der Waals surface area contributed by atoms with Crippen molar-refractivity contribution in [1.29, 1.82) is 0 Å². The standard InChI is InChI=1S/C12H17FN2O5/c1-5-6(2)15(11(19)14-9(5)18)10-12(3,13)8(17)7(4-16)20-10/h7-8,10,16-17H,4H2,1-3H3,(H,14,18,19)/t7-,8-,10-,12-/m1/s1/i8D. The fourth-order valence-corrected chi connectivity index (χ4v) is 2.25. The third-order valence-corrected chi connectivity index (χ3v) is 3.65. The van der Waals surface area contributed by atoms with Gasteiger partial charge in [-0.25, -0.2) is 9.18 Å². The zero-order valence-corrected chi connectivity index (χ0v) is 11.3. The van der Waals surface area contributed by atoms with Crippen molar-refractivity contribution in [2.75, 3.05) is 6.61 Å². The second-order valence-corrected chi connectivity index (χ2v) is 4.96. The van der Waals surface area contributed by atoms with Crippen molar-refractivity contribution in [2.45, 2.75) is 44.9 Å². The number of aromatic amines is 1. The highest BCUT2D eigenvalue weighted by atomic mass is 19.1. The average molecular weight is 289 g/mol. The van der Waals surface area contributed by atoms with Gasteiger partial charge in [0.1, 0.15) is 12.2 Å². The van der Waals surface area contributed by atoms with Crippen LogP contribution >= 0.6 is 0 Å². The minimum absolute atomic E-state index is 0.159. The van der Waals surface area contributed by atoms with E-state index in [-0.39, 0.29) is 11.3 Å². The van der Waals surface area contributed by atoms with Crippen LogP contribution < -0.4 is 11.2 Å². The Morgan fingerprint density at radius 1 is 1.55 bits per heavy atom. The first-order chi connectivity index (χ1) is 9.55. The van der Waals surface area contributed by atoms with Crippen LogP contribution in [0.1, 0.15) is 25.8 Å². The molecule has 112 valence electrons. The Morgan fingerprint density at radius 2 is 2.15 bits per heavy atom. The number of aromatic nitrogens is 2. The first-order valence-corrected chi connectivity index (χ1v) is 6.05. The molecule has 0 aromatic carbocycles. The fraction of sp³-hybridized carbons (Fsp3) is 0.667. The van der Waals surface area contributed by atoms with Gasteiger partial charge in [0, 0.05) is 11.3 Å². The van der Waals surface area contributed by atoms with E-state index >= 15 is 0 Å². The molecule has 4 atom stereocenters. The number of rotatable bonds is 2. The first kappa shape index (κ1) is 13.5. The lowest BCUT2D eigenvalue weighted by Gasteiger charge is -2.26. The molecule has 0 amide bonds. The van der Waals surface area contributed by atoms with E-state index in [1.807, 2.05) is 4.98 Å². The summed E-state index contributed by atoms with van der Waals surface area (Å²) in [4.78, 5) is 25.5. The van der Waals surface area contributed by atoms with Crippen LogP contribution in [0.4, 0.5) is 4.39 Å². The van der Waals surface area contributed by atoms with Crippen LogP contribution in [-0.4, -0.2) is 44.2 Å². The second kappa shape index (κ2) is 4.80. The number of ether oxygens (including phenoxy) is 1. The Kier molecular flexibility index (Phi) is 3.23. The fourth-order valence-electron chi connectivity index (χ4n) is 2.25. The van der Waals surface area contributed by atoms with Crippen LogP contribution in [-0.2, 0) is 4.74 Å². The largest absolute Gasteiger partial charge is 0.394 e. The van der Waals surface area contributed by atoms with Gasteiger partial charge >= 0.3 is 5.69 Å². The number of aliphatic hydroxyl groups is 2. The van der Waals surface area contributed by atoms with Crippen molar-refractivity contribution in [1.82, 2.24) is 9.55 Å². The molecule has 1 saturated heterocycles. The van der Waals surface area contributed by atoms with E-state index in [0.717, 1.165) is 11.5 Å². The normalized spacial score (nSPS) is 38.0. The molecule has 20 heavy (non-hydrogen) atoms. The molecule has 1 aliphatic heterocycles. The van der Waals surface area contributed by atoms with E-state index in [2.05, 4.69) is 0 Å². The highest BCUT2D eigenvalue weighted by Crippen LogP contribution is 2.40. The molecule has 0 bridgehead atoms. The highest BCUT2D eigenvalue weighted by molar-refractivity contribution is 5.16. The monoisotopic (exact) mass is 289 g/mol. The van der Waals surface area contributed by atoms with E-state index in [9.17, 15) is 19.1 Å². The summed E-state index contributed by atoms with van der Waals surface area (Å²) in [7, 11) is 0. The van der Waals surface area contributed by atoms with Crippen molar-refractivity contribution in [3.63, 3.8) is 0 Å². The number of nitrogens with zero attached hydrogens (tertiary/aromatic N) is 1. The molecule has 1 aromatic heterocycles. The molecule has 2 rings (SSSR count). The molecular formula is C12H17FN2O5. The molecule has 0 unspecified atom stereocenters. The van der Waals surface area contributed by atoms with E-state index < -0.39 is 41.9 Å². The Labute approximate surface area is 115 Å². The van der Waals surface area contributed by atoms with Gasteiger partial charge in [0.2, 0.25) is 0 Å². The topological polar surface area (TPSA) is 105 Å². The van der Waals surface area contributed by atoms with Gasteiger partial charge in [0.05, 0.1) is 7.98 Å². The maximum absolute atomic E-state index is 14.8. The molecule has 7 nitrogen and oxygen atoms in total. The third kappa shape index (κ3) is 2.00. The lowest BCUT2D eigenvalue weighted by molar-refractivity contribution is -0.0622. The molecule has 1 aliphatic rings. The third-order valence-electron chi connectivity index (χ3n) is 3.65. The minimum atomic E-state index is -2.73. The van der Waals surface area contributed by atoms with Gasteiger partial charge in [-0.2, -0.15) is 0 Å². The van der Waals surface area contributed by atoms with Crippen molar-refractivity contribution in [2.24, 2.45) is 0 Å². The summed E-state index contributed by atoms with van der Waals surface area (Å²) in [6, 6.07) is 0. The SMILES string of the molecule is [2H][C@@]1(O)[C@@H](CO)O[C@@H](n2c(C)c(C)c(=O)[nH]c2=O)[C@]1(C)F. The van der Waals surface area contributed by atoms with Crippen LogP contribution in [0.3, 0.4) is 0 Å². The summed E-state index contributed by atoms with van der Waals surface area (Å²) in [5.41, 5.74) is -3.83. The Hall–Kier alpha value is -1.51. The van der Waals surface area contributed by atoms with Crippen molar-refractivity contribution >= 4 is 0 Å². The molecule has 2 heterocycles. The Balaban J connectivity index is 2.67. The van der Waals surface area contributed by atoms with Gasteiger partial charge in [-0.05, 0) is 20.8 Å². The van der Waals surface area contributed by atoms with Crippen LogP contribution in [0.5, 0.6) is 0 Å². The summed E-state index contributed by atoms with van der Waals surface area (Å²) >= 11 is 0. The molecule has 0 radical (unpaired) electrons. The average Bonchev–Trinajstić information content (AvgIpc) is 2.55. The maximum Gasteiger partial charge on any atom is 0.330 e. The predicted molar refractivity (Wildman–Crippen MR) is 67.3 cm³/mol. The van der Waals surface area contributed by atoms with E-state index in [0.29, 0.717) is 0 Å². The molecule has 3 N–H and O–H groups in total. The van der Waals surface area contributed by atoms with Crippen molar-refractivity contribution < 1.29 is 20.7 Å². The summed E-state index contributed by atoms with van der Waals surface area (Å²) in [5, 5.41) is 19.1. The van der Waals surface area contributed by atoms with Crippen molar-refractivity contribution in [3.05, 3.63) is 32.1 Å². The number of nitrogens with one attached hydrogen (secondary N) is 1. The molecule has 0 aliphatic carbocycles. The van der Waals surface area contributed by atoms with Crippen LogP contribution in [0.2, 0.25) is 0 Å². The molecule has 1 aromatic rings. The number of hydrogen-bond acceptors (Lipinski definition) is 5. The Morgan fingerprint density at radius 3 is 2.65 bits per heavy atom. The lowest BCUT2D eigenvalue weighted by atomic mass is 9.98. The number of alkyl halides is 1. The van der Waals surface area contributed by atoms with Gasteiger partial charge < -0.3 is 14.9 Å². The van der Waals surface area contributed by atoms with Gasteiger partial charge in [-0.15, -0.1) is 0 Å². The number of aliphatic hydroxyl groups excluding tert-OH is 1. The van der Waals surface area contributed by atoms with Gasteiger partial charge in [0.25, 0.3) is 5.56 Å². The highest BCUT2D eigenvalue weighted by Gasteiger charge is 2.55. The molecule has 8 heteroatoms. The van der Waals surface area contributed by atoms with E-state index in [1.165, 1.54) is 13.8 Å². The van der Waals surface area contributed by atoms with Crippen LogP contribution in [0.15, 0.2) is 9.59 Å².